The Bertz CT molecular complexity index is 676. The zero-order chi connectivity index (χ0) is 17.9. The molecule has 0 N–H and O–H groups in total. The topological polar surface area (TPSA) is 70.4 Å². The zero-order valence-corrected chi connectivity index (χ0v) is 14.6. The van der Waals surface area contributed by atoms with Crippen LogP contribution in [0.1, 0.15) is 50.1 Å². The molecule has 3 rings (SSSR count). The average molecular weight is 340 g/mol. The third kappa shape index (κ3) is 3.13. The van der Waals surface area contributed by atoms with Gasteiger partial charge >= 0.3 is 5.97 Å². The molecule has 5 heteroatoms. The number of likely N-dealkylation sites (tertiary alicyclic amines) is 1. The van der Waals surface area contributed by atoms with E-state index in [2.05, 4.69) is 6.07 Å². The second-order valence-electron chi connectivity index (χ2n) is 7.11. The number of benzene rings is 1. The molecular formula is C20H24N2O3. The summed E-state index contributed by atoms with van der Waals surface area (Å²) in [5.41, 5.74) is -0.655. The molecule has 2 atom stereocenters. The standard InChI is InChI=1S/C20H24N2O3/c1-25-19(24)20(14-21)12-17(23)22(13-15-8-4-2-5-9-15)18(20)16-10-6-3-7-11-16/h3,6-7,10-11,15,18H,2,4-5,8-9,12-13H2,1H3/t18-,20+/m1/s1. The van der Waals surface area contributed by atoms with E-state index >= 15 is 0 Å². The maximum absolute atomic E-state index is 12.8. The Hall–Kier alpha value is -2.35. The van der Waals surface area contributed by atoms with Gasteiger partial charge in [-0.15, -0.1) is 0 Å². The van der Waals surface area contributed by atoms with Gasteiger partial charge in [-0.25, -0.2) is 0 Å². The number of nitrogens with zero attached hydrogens (tertiary/aromatic N) is 2. The number of ether oxygens (including phenoxy) is 1. The number of carbonyl (C=O) groups is 2. The van der Waals surface area contributed by atoms with Gasteiger partial charge in [0.1, 0.15) is 0 Å². The summed E-state index contributed by atoms with van der Waals surface area (Å²) in [6.45, 7) is 0.610. The Balaban J connectivity index is 1.99. The van der Waals surface area contributed by atoms with E-state index in [9.17, 15) is 14.9 Å². The number of hydrogen-bond donors (Lipinski definition) is 0. The summed E-state index contributed by atoms with van der Waals surface area (Å²) in [6, 6.07) is 10.9. The molecule has 1 saturated heterocycles. The van der Waals surface area contributed by atoms with Crippen molar-refractivity contribution in [2.24, 2.45) is 11.3 Å². The van der Waals surface area contributed by atoms with Gasteiger partial charge in [0.15, 0.2) is 5.41 Å². The molecule has 2 fully saturated rings. The molecule has 1 aromatic rings. The second kappa shape index (κ2) is 7.26. The lowest BCUT2D eigenvalue weighted by atomic mass is 9.78. The molecule has 25 heavy (non-hydrogen) atoms. The van der Waals surface area contributed by atoms with Crippen LogP contribution in [0.3, 0.4) is 0 Å². The van der Waals surface area contributed by atoms with Crippen LogP contribution in [0.15, 0.2) is 30.3 Å². The van der Waals surface area contributed by atoms with Crippen LogP contribution in [0.25, 0.3) is 0 Å². The lowest BCUT2D eigenvalue weighted by Gasteiger charge is -2.34. The SMILES string of the molecule is COC(=O)[C@]1(C#N)CC(=O)N(CC2CCCCC2)[C@@H]1c1ccccc1. The number of nitriles is 1. The highest BCUT2D eigenvalue weighted by Crippen LogP contribution is 2.49. The van der Waals surface area contributed by atoms with E-state index in [1.807, 2.05) is 30.3 Å². The molecule has 1 aliphatic carbocycles. The second-order valence-corrected chi connectivity index (χ2v) is 7.11. The summed E-state index contributed by atoms with van der Waals surface area (Å²) in [5.74, 6) is -0.314. The van der Waals surface area contributed by atoms with Crippen molar-refractivity contribution in [2.75, 3.05) is 13.7 Å². The van der Waals surface area contributed by atoms with E-state index < -0.39 is 17.4 Å². The number of esters is 1. The summed E-state index contributed by atoms with van der Waals surface area (Å²) in [6.07, 6.45) is 5.71. The zero-order valence-electron chi connectivity index (χ0n) is 14.6. The van der Waals surface area contributed by atoms with Crippen LogP contribution < -0.4 is 0 Å². The molecule has 1 saturated carbocycles. The predicted molar refractivity (Wildman–Crippen MR) is 92.2 cm³/mol. The summed E-state index contributed by atoms with van der Waals surface area (Å²) >= 11 is 0. The van der Waals surface area contributed by atoms with Crippen molar-refractivity contribution in [2.45, 2.75) is 44.6 Å². The number of hydrogen-bond acceptors (Lipinski definition) is 4. The van der Waals surface area contributed by atoms with E-state index in [1.54, 1.807) is 4.90 Å². The predicted octanol–water partition coefficient (Wildman–Crippen LogP) is 3.22. The number of methoxy groups -OCH3 is 1. The van der Waals surface area contributed by atoms with Gasteiger partial charge in [-0.1, -0.05) is 49.6 Å². The van der Waals surface area contributed by atoms with Crippen molar-refractivity contribution in [3.63, 3.8) is 0 Å². The molecule has 0 spiro atoms. The number of carbonyl (C=O) groups excluding carboxylic acids is 2. The largest absolute Gasteiger partial charge is 0.468 e. The third-order valence-corrected chi connectivity index (χ3v) is 5.57. The maximum Gasteiger partial charge on any atom is 0.329 e. The minimum atomic E-state index is -1.47. The molecule has 1 amide bonds. The van der Waals surface area contributed by atoms with Gasteiger partial charge < -0.3 is 9.64 Å². The van der Waals surface area contributed by atoms with Crippen LogP contribution in [0.5, 0.6) is 0 Å². The first-order valence-corrected chi connectivity index (χ1v) is 8.96. The van der Waals surface area contributed by atoms with Crippen LogP contribution >= 0.6 is 0 Å². The van der Waals surface area contributed by atoms with Crippen molar-refractivity contribution < 1.29 is 14.3 Å². The summed E-state index contributed by atoms with van der Waals surface area (Å²) in [7, 11) is 1.28. The van der Waals surface area contributed by atoms with Gasteiger partial charge in [-0.2, -0.15) is 5.26 Å². The Labute approximate surface area is 148 Å². The molecule has 0 unspecified atom stereocenters. The third-order valence-electron chi connectivity index (χ3n) is 5.57. The van der Waals surface area contributed by atoms with Crippen molar-refractivity contribution in [1.82, 2.24) is 4.90 Å². The fourth-order valence-corrected chi connectivity index (χ4v) is 4.31. The highest BCUT2D eigenvalue weighted by Gasteiger charge is 2.59. The molecular weight excluding hydrogens is 316 g/mol. The van der Waals surface area contributed by atoms with Gasteiger partial charge in [0.05, 0.1) is 25.6 Å². The van der Waals surface area contributed by atoms with Gasteiger partial charge in [-0.3, -0.25) is 9.59 Å². The molecule has 5 nitrogen and oxygen atoms in total. The minimum Gasteiger partial charge on any atom is -0.468 e. The molecule has 1 heterocycles. The molecule has 1 aromatic carbocycles. The first kappa shape index (κ1) is 17.5. The van der Waals surface area contributed by atoms with E-state index in [0.29, 0.717) is 12.5 Å². The fourth-order valence-electron chi connectivity index (χ4n) is 4.31. The first-order chi connectivity index (χ1) is 12.1. The molecule has 0 aromatic heterocycles. The summed E-state index contributed by atoms with van der Waals surface area (Å²) in [4.78, 5) is 27.1. The highest BCUT2D eigenvalue weighted by molar-refractivity contribution is 5.93. The van der Waals surface area contributed by atoms with Crippen LogP contribution in [0.4, 0.5) is 0 Å². The van der Waals surface area contributed by atoms with Crippen LogP contribution in [0.2, 0.25) is 0 Å². The Morgan fingerprint density at radius 2 is 1.96 bits per heavy atom. The Kier molecular flexibility index (Phi) is 5.08. The Morgan fingerprint density at radius 3 is 2.56 bits per heavy atom. The van der Waals surface area contributed by atoms with Crippen LogP contribution in [0, 0.1) is 22.7 Å². The van der Waals surface area contributed by atoms with Crippen molar-refractivity contribution in [3.8, 4) is 6.07 Å². The fraction of sp³-hybridized carbons (Fsp3) is 0.550. The van der Waals surface area contributed by atoms with E-state index in [4.69, 9.17) is 4.74 Å². The number of rotatable bonds is 4. The number of amides is 1. The molecule has 0 bridgehead atoms. The highest BCUT2D eigenvalue weighted by atomic mass is 16.5. The van der Waals surface area contributed by atoms with Gasteiger partial charge in [-0.05, 0) is 24.3 Å². The average Bonchev–Trinajstić information content (AvgIpc) is 2.95. The quantitative estimate of drug-likeness (QED) is 0.789. The van der Waals surface area contributed by atoms with Gasteiger partial charge in [0.2, 0.25) is 5.91 Å². The monoisotopic (exact) mass is 340 g/mol. The van der Waals surface area contributed by atoms with Crippen LogP contribution in [-0.2, 0) is 14.3 Å². The van der Waals surface area contributed by atoms with Gasteiger partial charge in [0, 0.05) is 6.54 Å². The maximum atomic E-state index is 12.8. The van der Waals surface area contributed by atoms with Gasteiger partial charge in [0.25, 0.3) is 0 Å². The lowest BCUT2D eigenvalue weighted by molar-refractivity contribution is -0.150. The van der Waals surface area contributed by atoms with E-state index in [-0.39, 0.29) is 12.3 Å². The minimum absolute atomic E-state index is 0.109. The van der Waals surface area contributed by atoms with Crippen molar-refractivity contribution in [3.05, 3.63) is 35.9 Å². The molecule has 0 radical (unpaired) electrons. The lowest BCUT2D eigenvalue weighted by Crippen LogP contribution is -2.40. The smallest absolute Gasteiger partial charge is 0.329 e. The normalized spacial score (nSPS) is 27.1. The van der Waals surface area contributed by atoms with E-state index in [1.165, 1.54) is 26.4 Å². The summed E-state index contributed by atoms with van der Waals surface area (Å²) < 4.78 is 4.93. The summed E-state index contributed by atoms with van der Waals surface area (Å²) in [5, 5.41) is 9.86. The van der Waals surface area contributed by atoms with E-state index in [0.717, 1.165) is 18.4 Å². The first-order valence-electron chi connectivity index (χ1n) is 8.96. The molecule has 132 valence electrons. The molecule has 2 aliphatic rings. The van der Waals surface area contributed by atoms with Crippen molar-refractivity contribution >= 4 is 11.9 Å². The Morgan fingerprint density at radius 1 is 1.28 bits per heavy atom. The van der Waals surface area contributed by atoms with Crippen LogP contribution in [-0.4, -0.2) is 30.4 Å². The molecule has 1 aliphatic heterocycles. The van der Waals surface area contributed by atoms with Crippen molar-refractivity contribution in [1.29, 1.82) is 5.26 Å².